The molecule has 0 saturated carbocycles. The predicted molar refractivity (Wildman–Crippen MR) is 406 cm³/mol. The molecule has 0 bridgehead atoms. The van der Waals surface area contributed by atoms with Crippen LogP contribution in [-0.4, -0.2) is 61.5 Å². The molecule has 0 radical (unpaired) electrons. The number of ether oxygens (including phenoxy) is 4. The van der Waals surface area contributed by atoms with Crippen molar-refractivity contribution in [3.63, 3.8) is 0 Å². The lowest BCUT2D eigenvalue weighted by Crippen LogP contribution is -2.32. The first-order valence-electron chi connectivity index (χ1n) is 35.1. The number of hydrogen-bond donors (Lipinski definition) is 0. The van der Waals surface area contributed by atoms with Crippen molar-refractivity contribution in [1.29, 1.82) is 0 Å². The Bertz CT molecular complexity index is 5380. The molecular weight excluding hydrogens is 1260 g/mol. The van der Waals surface area contributed by atoms with Crippen LogP contribution >= 0.6 is 0 Å². The van der Waals surface area contributed by atoms with Crippen LogP contribution in [0.25, 0.3) is 89.2 Å². The molecular formula is C89H89N9O4+4. The second-order valence-electron chi connectivity index (χ2n) is 27.5. The summed E-state index contributed by atoms with van der Waals surface area (Å²) in [5, 5.41) is 2.47. The van der Waals surface area contributed by atoms with Gasteiger partial charge in [-0.05, 0) is 183 Å². The van der Waals surface area contributed by atoms with Crippen LogP contribution in [0.2, 0.25) is 0 Å². The summed E-state index contributed by atoms with van der Waals surface area (Å²) in [6.45, 7) is 17.7. The first-order chi connectivity index (χ1) is 49.5. The van der Waals surface area contributed by atoms with Crippen molar-refractivity contribution in [2.24, 2.45) is 28.2 Å². The standard InChI is InChI=1S/C32H25N2O.C22H23N2O.C18H24N3O.C17H17N2O/c1-20-18-25-23-12-6-9-15-28(23)32(26-13-7-4-10-21(26)22-11-5-8-14-27(22)32)29(25)19-24(20)30-31(35-3)33-16-17-34(30)2;1-14-12-17-15-8-6-7-9-18(15)22(2,3)19(17)13-16(14)20-21(25-5)23-10-11-24(20)4;1-5-21-11-6-7-14-13(2)15(8-9-16(14)21)17-18(22-4)19-10-12-20(17)3;1-12-10-13-6-4-5-7-14(13)11-15(12)16-17(20-3)18-8-9-19(16)2/h4-19H,1-3H3;6-13H,1-5H3;8-10,12H,5-7,11H2,1-4H3;4-11H,1-3H3/q4*+1. The summed E-state index contributed by atoms with van der Waals surface area (Å²) in [6.07, 6.45) is 17.3. The Morgan fingerprint density at radius 1 is 0.382 bits per heavy atom. The van der Waals surface area contributed by atoms with E-state index in [1.807, 2.05) is 50.5 Å². The molecule has 5 heterocycles. The molecule has 13 nitrogen and oxygen atoms in total. The van der Waals surface area contributed by atoms with Gasteiger partial charge >= 0.3 is 0 Å². The summed E-state index contributed by atoms with van der Waals surface area (Å²) in [6, 6.07) is 62.1. The molecule has 1 spiro atoms. The van der Waals surface area contributed by atoms with Crippen LogP contribution in [0.3, 0.4) is 0 Å². The number of rotatable bonds is 9. The van der Waals surface area contributed by atoms with Crippen LogP contribution in [0.5, 0.6) is 23.5 Å². The van der Waals surface area contributed by atoms with Gasteiger partial charge in [-0.2, -0.15) is 18.3 Å². The topological polar surface area (TPSA) is 107 Å². The highest BCUT2D eigenvalue weighted by molar-refractivity contribution is 5.97. The van der Waals surface area contributed by atoms with E-state index in [4.69, 9.17) is 18.9 Å². The summed E-state index contributed by atoms with van der Waals surface area (Å²) < 4.78 is 30.5. The Labute approximate surface area is 599 Å². The Balaban J connectivity index is 0.000000118. The number of methoxy groups -OCH3 is 4. The Kier molecular flexibility index (Phi) is 18.3. The SMILES string of the molecule is CCN1CCCc2c1ccc(-c1c(OC)ncc[n+]1C)c2C.COc1ncc[n+](C)c1-c1cc2c(cc1C)-c1ccccc1C2(C)C.COc1ncc[n+](C)c1-c1cc2c(cc1C)-c1ccccc1C21c2ccccc2-c2ccccc21.COc1ncc[n+](C)c1-c1cc2ccccc2cc1C. The van der Waals surface area contributed by atoms with Gasteiger partial charge in [-0.3, -0.25) is 0 Å². The van der Waals surface area contributed by atoms with Crippen LogP contribution in [0.15, 0.2) is 219 Å². The normalized spacial score (nSPS) is 13.3. The maximum absolute atomic E-state index is 5.71. The van der Waals surface area contributed by atoms with Crippen LogP contribution in [0.4, 0.5) is 5.69 Å². The van der Waals surface area contributed by atoms with Gasteiger partial charge in [0.2, 0.25) is 0 Å². The van der Waals surface area contributed by atoms with Gasteiger partial charge in [-0.15, -0.1) is 0 Å². The van der Waals surface area contributed by atoms with Gasteiger partial charge in [0.1, 0.15) is 28.2 Å². The first kappa shape index (κ1) is 67.7. The van der Waals surface area contributed by atoms with Crippen molar-refractivity contribution >= 4 is 16.5 Å². The lowest BCUT2D eigenvalue weighted by atomic mass is 9.70. The lowest BCUT2D eigenvalue weighted by molar-refractivity contribution is -0.661. The highest BCUT2D eigenvalue weighted by Gasteiger charge is 2.52. The highest BCUT2D eigenvalue weighted by atomic mass is 16.5. The van der Waals surface area contributed by atoms with Crippen molar-refractivity contribution < 1.29 is 37.2 Å². The third kappa shape index (κ3) is 11.4. The molecule has 0 unspecified atom stereocenters. The quantitative estimate of drug-likeness (QED) is 0.131. The average molecular weight is 1350 g/mol. The summed E-state index contributed by atoms with van der Waals surface area (Å²) in [5.41, 5.74) is 32.3. The second kappa shape index (κ2) is 27.6. The Morgan fingerprint density at radius 3 is 1.20 bits per heavy atom. The molecule has 510 valence electrons. The molecule has 1 aliphatic heterocycles. The number of fused-ring (bicyclic) bond motifs is 15. The van der Waals surface area contributed by atoms with Gasteiger partial charge in [-0.1, -0.05) is 153 Å². The number of benzene rings is 9. The van der Waals surface area contributed by atoms with E-state index in [2.05, 4.69) is 264 Å². The molecule has 0 saturated heterocycles. The second-order valence-corrected chi connectivity index (χ2v) is 27.5. The van der Waals surface area contributed by atoms with E-state index < -0.39 is 0 Å². The van der Waals surface area contributed by atoms with Crippen molar-refractivity contribution in [2.75, 3.05) is 46.4 Å². The molecule has 102 heavy (non-hydrogen) atoms. The van der Waals surface area contributed by atoms with Crippen molar-refractivity contribution in [1.82, 2.24) is 19.9 Å². The van der Waals surface area contributed by atoms with E-state index in [9.17, 15) is 0 Å². The van der Waals surface area contributed by atoms with Crippen LogP contribution in [0.1, 0.15) is 88.4 Å². The maximum atomic E-state index is 5.71. The fourth-order valence-corrected chi connectivity index (χ4v) is 16.5. The van der Waals surface area contributed by atoms with Gasteiger partial charge in [0.15, 0.2) is 24.8 Å². The van der Waals surface area contributed by atoms with E-state index in [-0.39, 0.29) is 10.8 Å². The zero-order valence-electron chi connectivity index (χ0n) is 61.3. The Hall–Kier alpha value is -11.4. The van der Waals surface area contributed by atoms with Crippen molar-refractivity contribution in [3.05, 3.63) is 281 Å². The van der Waals surface area contributed by atoms with Crippen LogP contribution in [-0.2, 0) is 45.4 Å². The molecule has 4 aliphatic rings. The zero-order valence-corrected chi connectivity index (χ0v) is 61.3. The fraction of sp³-hybridized carbons (Fsp3) is 0.236. The minimum absolute atomic E-state index is 0.0115. The lowest BCUT2D eigenvalue weighted by Gasteiger charge is -2.31. The molecule has 0 fully saturated rings. The third-order valence-electron chi connectivity index (χ3n) is 21.5. The van der Waals surface area contributed by atoms with E-state index in [1.54, 1.807) is 53.2 Å². The van der Waals surface area contributed by atoms with Crippen molar-refractivity contribution in [3.8, 4) is 102 Å². The van der Waals surface area contributed by atoms with Gasteiger partial charge in [0.05, 0.1) is 80.9 Å². The molecule has 13 heteroatoms. The molecule has 0 N–H and O–H groups in total. The monoisotopic (exact) mass is 1350 g/mol. The van der Waals surface area contributed by atoms with Crippen LogP contribution < -0.4 is 42.1 Å². The Morgan fingerprint density at radius 2 is 0.745 bits per heavy atom. The smallest absolute Gasteiger partial charge is 0.288 e. The molecule has 13 aromatic rings. The molecule has 17 rings (SSSR count). The van der Waals surface area contributed by atoms with Gasteiger partial charge in [0.25, 0.3) is 46.3 Å². The van der Waals surface area contributed by atoms with Crippen LogP contribution in [0, 0.1) is 27.7 Å². The summed E-state index contributed by atoms with van der Waals surface area (Å²) in [5.74, 6) is 2.61. The number of aryl methyl sites for hydroxylation is 7. The minimum Gasteiger partial charge on any atom is -0.476 e. The largest absolute Gasteiger partial charge is 0.476 e. The fourth-order valence-electron chi connectivity index (χ4n) is 16.5. The average Bonchev–Trinajstić information content (AvgIpc) is 1.51. The zero-order chi connectivity index (χ0) is 71.3. The van der Waals surface area contributed by atoms with E-state index >= 15 is 0 Å². The summed E-state index contributed by atoms with van der Waals surface area (Å²) in [7, 11) is 14.8. The molecule has 9 aromatic carbocycles. The van der Waals surface area contributed by atoms with E-state index in [1.165, 1.54) is 129 Å². The molecule has 0 atom stereocenters. The van der Waals surface area contributed by atoms with E-state index in [0.29, 0.717) is 23.5 Å². The third-order valence-corrected chi connectivity index (χ3v) is 21.5. The first-order valence-corrected chi connectivity index (χ1v) is 35.1. The number of aromatic nitrogens is 8. The van der Waals surface area contributed by atoms with Gasteiger partial charge < -0.3 is 23.8 Å². The predicted octanol–water partition coefficient (Wildman–Crippen LogP) is 16.1. The van der Waals surface area contributed by atoms with Gasteiger partial charge in [-0.25, -0.2) is 19.9 Å². The minimum atomic E-state index is -0.352. The van der Waals surface area contributed by atoms with Gasteiger partial charge in [0, 0.05) is 24.2 Å². The molecule has 4 aromatic heterocycles. The van der Waals surface area contributed by atoms with E-state index in [0.717, 1.165) is 53.4 Å². The van der Waals surface area contributed by atoms with Crippen molar-refractivity contribution in [2.45, 2.75) is 72.1 Å². The summed E-state index contributed by atoms with van der Waals surface area (Å²) in [4.78, 5) is 20.1. The number of anilines is 1. The number of nitrogens with zero attached hydrogens (tertiary/aromatic N) is 9. The number of hydrogen-bond acceptors (Lipinski definition) is 9. The highest BCUT2D eigenvalue weighted by Crippen LogP contribution is 2.63. The molecule has 0 amide bonds. The molecule has 3 aliphatic carbocycles. The maximum Gasteiger partial charge on any atom is 0.288 e. The summed E-state index contributed by atoms with van der Waals surface area (Å²) >= 11 is 0.